The molecular formula is C50H32N2. The standard InChI is InChI=1S/C50H32N2/c1-2-13-33(14-3-1)34-28-30-37(31-29-34)52(45-24-10-15-35-26-27-36-16-12-32-51-49(36)47(35)45)46-25-11-23-44-48(46)40-19-6-9-22-43(40)50(44)41-20-7-4-17-38(41)39-18-5-8-21-42(39)50/h1-32H. The molecule has 1 heterocycles. The predicted molar refractivity (Wildman–Crippen MR) is 216 cm³/mol. The van der Waals surface area contributed by atoms with Crippen molar-refractivity contribution >= 4 is 38.7 Å². The van der Waals surface area contributed by atoms with E-state index in [1.165, 1.54) is 55.6 Å². The molecule has 9 aromatic rings. The van der Waals surface area contributed by atoms with Crippen LogP contribution in [0.5, 0.6) is 0 Å². The van der Waals surface area contributed by atoms with Gasteiger partial charge in [-0.15, -0.1) is 0 Å². The third-order valence-electron chi connectivity index (χ3n) is 11.3. The van der Waals surface area contributed by atoms with Gasteiger partial charge in [0, 0.05) is 28.2 Å². The normalized spacial score (nSPS) is 13.2. The topological polar surface area (TPSA) is 16.1 Å². The molecule has 11 rings (SSSR count). The van der Waals surface area contributed by atoms with Crippen LogP contribution in [-0.2, 0) is 5.41 Å². The Bertz CT molecular complexity index is 2810. The Hall–Kier alpha value is -6.77. The van der Waals surface area contributed by atoms with Gasteiger partial charge in [-0.3, -0.25) is 4.98 Å². The van der Waals surface area contributed by atoms with E-state index in [9.17, 15) is 0 Å². The second-order valence-electron chi connectivity index (χ2n) is 13.9. The molecule has 0 saturated carbocycles. The van der Waals surface area contributed by atoms with E-state index in [0.717, 1.165) is 38.7 Å². The first kappa shape index (κ1) is 29.0. The van der Waals surface area contributed by atoms with E-state index in [0.29, 0.717) is 0 Å². The second-order valence-corrected chi connectivity index (χ2v) is 13.9. The molecule has 0 unspecified atom stereocenters. The maximum Gasteiger partial charge on any atom is 0.0801 e. The van der Waals surface area contributed by atoms with Crippen LogP contribution in [-0.4, -0.2) is 4.98 Å². The third-order valence-corrected chi connectivity index (χ3v) is 11.3. The highest BCUT2D eigenvalue weighted by atomic mass is 15.1. The van der Waals surface area contributed by atoms with Crippen LogP contribution in [0.2, 0.25) is 0 Å². The van der Waals surface area contributed by atoms with Gasteiger partial charge >= 0.3 is 0 Å². The van der Waals surface area contributed by atoms with Crippen molar-refractivity contribution in [3.63, 3.8) is 0 Å². The summed E-state index contributed by atoms with van der Waals surface area (Å²) in [4.78, 5) is 7.46. The van der Waals surface area contributed by atoms with Gasteiger partial charge in [-0.05, 0) is 85.8 Å². The van der Waals surface area contributed by atoms with Crippen molar-refractivity contribution in [2.75, 3.05) is 4.90 Å². The molecule has 2 aliphatic carbocycles. The minimum Gasteiger partial charge on any atom is -0.309 e. The third kappa shape index (κ3) is 3.92. The van der Waals surface area contributed by atoms with Gasteiger partial charge in [-0.25, -0.2) is 0 Å². The smallest absolute Gasteiger partial charge is 0.0801 e. The highest BCUT2D eigenvalue weighted by Crippen LogP contribution is 2.64. The van der Waals surface area contributed by atoms with Crippen LogP contribution in [0.15, 0.2) is 194 Å². The van der Waals surface area contributed by atoms with Gasteiger partial charge in [0.15, 0.2) is 0 Å². The van der Waals surface area contributed by atoms with Crippen molar-refractivity contribution in [3.05, 3.63) is 217 Å². The zero-order valence-electron chi connectivity index (χ0n) is 28.4. The van der Waals surface area contributed by atoms with Crippen molar-refractivity contribution in [2.45, 2.75) is 5.41 Å². The predicted octanol–water partition coefficient (Wildman–Crippen LogP) is 12.9. The number of hydrogen-bond donors (Lipinski definition) is 0. The number of benzene rings is 8. The summed E-state index contributed by atoms with van der Waals surface area (Å²) in [7, 11) is 0. The van der Waals surface area contributed by atoms with Crippen molar-refractivity contribution in [2.24, 2.45) is 0 Å². The molecule has 242 valence electrons. The van der Waals surface area contributed by atoms with E-state index in [4.69, 9.17) is 4.98 Å². The molecule has 1 aromatic heterocycles. The average Bonchev–Trinajstić information content (AvgIpc) is 3.69. The molecule has 2 heteroatoms. The van der Waals surface area contributed by atoms with E-state index in [-0.39, 0.29) is 0 Å². The van der Waals surface area contributed by atoms with Gasteiger partial charge in [0.25, 0.3) is 0 Å². The SMILES string of the molecule is c1ccc(-c2ccc(N(c3cccc4c3-c3ccccc3C43c4ccccc4-c4ccccc43)c3cccc4ccc5cccnc5c34)cc2)cc1. The van der Waals surface area contributed by atoms with E-state index < -0.39 is 5.41 Å². The highest BCUT2D eigenvalue weighted by molar-refractivity contribution is 6.14. The molecule has 0 N–H and O–H groups in total. The Balaban J connectivity index is 1.24. The summed E-state index contributed by atoms with van der Waals surface area (Å²) in [5.41, 5.74) is 16.8. The Morgan fingerprint density at radius 1 is 0.385 bits per heavy atom. The molecule has 2 nitrogen and oxygen atoms in total. The lowest BCUT2D eigenvalue weighted by Crippen LogP contribution is -2.26. The van der Waals surface area contributed by atoms with Crippen LogP contribution >= 0.6 is 0 Å². The molecule has 2 aliphatic rings. The van der Waals surface area contributed by atoms with Crippen LogP contribution in [0.1, 0.15) is 22.3 Å². The summed E-state index contributed by atoms with van der Waals surface area (Å²) in [6.07, 6.45) is 1.91. The van der Waals surface area contributed by atoms with Gasteiger partial charge < -0.3 is 4.90 Å². The zero-order valence-corrected chi connectivity index (χ0v) is 28.4. The van der Waals surface area contributed by atoms with Gasteiger partial charge in [0.2, 0.25) is 0 Å². The van der Waals surface area contributed by atoms with E-state index >= 15 is 0 Å². The number of nitrogens with zero attached hydrogens (tertiary/aromatic N) is 2. The van der Waals surface area contributed by atoms with Gasteiger partial charge in [0.05, 0.1) is 22.3 Å². The fourth-order valence-corrected chi connectivity index (χ4v) is 9.23. The summed E-state index contributed by atoms with van der Waals surface area (Å²) >= 11 is 0. The van der Waals surface area contributed by atoms with Crippen LogP contribution in [0.25, 0.3) is 55.1 Å². The Labute approximate surface area is 302 Å². The molecule has 8 aromatic carbocycles. The molecule has 52 heavy (non-hydrogen) atoms. The zero-order chi connectivity index (χ0) is 34.2. The lowest BCUT2D eigenvalue weighted by Gasteiger charge is -2.32. The van der Waals surface area contributed by atoms with E-state index in [2.05, 4.69) is 187 Å². The number of fused-ring (bicyclic) bond motifs is 13. The molecule has 0 saturated heterocycles. The molecular weight excluding hydrogens is 629 g/mol. The number of hydrogen-bond acceptors (Lipinski definition) is 2. The van der Waals surface area contributed by atoms with Crippen molar-refractivity contribution in [1.29, 1.82) is 0 Å². The highest BCUT2D eigenvalue weighted by Gasteiger charge is 2.52. The van der Waals surface area contributed by atoms with Gasteiger partial charge in [0.1, 0.15) is 0 Å². The van der Waals surface area contributed by atoms with Gasteiger partial charge in [-0.1, -0.05) is 158 Å². The van der Waals surface area contributed by atoms with Crippen molar-refractivity contribution in [3.8, 4) is 33.4 Å². The molecule has 0 radical (unpaired) electrons. The minimum atomic E-state index is -0.426. The lowest BCUT2D eigenvalue weighted by atomic mass is 9.70. The maximum absolute atomic E-state index is 4.98. The van der Waals surface area contributed by atoms with Crippen molar-refractivity contribution in [1.82, 2.24) is 4.98 Å². The minimum absolute atomic E-state index is 0.426. The molecule has 0 aliphatic heterocycles. The quantitative estimate of drug-likeness (QED) is 0.175. The van der Waals surface area contributed by atoms with Crippen LogP contribution in [0.3, 0.4) is 0 Å². The molecule has 0 atom stereocenters. The first-order valence-electron chi connectivity index (χ1n) is 18.0. The average molecular weight is 661 g/mol. The summed E-state index contributed by atoms with van der Waals surface area (Å²) in [5, 5.41) is 3.43. The largest absolute Gasteiger partial charge is 0.309 e. The Kier molecular flexibility index (Phi) is 6.20. The monoisotopic (exact) mass is 660 g/mol. The fourth-order valence-electron chi connectivity index (χ4n) is 9.23. The van der Waals surface area contributed by atoms with E-state index in [1.54, 1.807) is 0 Å². The fraction of sp³-hybridized carbons (Fsp3) is 0.0200. The van der Waals surface area contributed by atoms with Crippen LogP contribution < -0.4 is 4.90 Å². The summed E-state index contributed by atoms with van der Waals surface area (Å²) in [6, 6.07) is 69.0. The first-order chi connectivity index (χ1) is 25.8. The summed E-state index contributed by atoms with van der Waals surface area (Å²) < 4.78 is 0. The Morgan fingerprint density at radius 2 is 0.942 bits per heavy atom. The molecule has 0 fully saturated rings. The Morgan fingerprint density at radius 3 is 1.69 bits per heavy atom. The second kappa shape index (κ2) is 11.1. The summed E-state index contributed by atoms with van der Waals surface area (Å²) in [5.74, 6) is 0. The summed E-state index contributed by atoms with van der Waals surface area (Å²) in [6.45, 7) is 0. The number of pyridine rings is 1. The molecule has 0 amide bonds. The number of rotatable bonds is 4. The molecule has 0 bridgehead atoms. The van der Waals surface area contributed by atoms with Crippen molar-refractivity contribution < 1.29 is 0 Å². The van der Waals surface area contributed by atoms with E-state index in [1.807, 2.05) is 12.3 Å². The maximum atomic E-state index is 4.98. The molecule has 1 spiro atoms. The van der Waals surface area contributed by atoms with Crippen LogP contribution in [0.4, 0.5) is 17.1 Å². The lowest BCUT2D eigenvalue weighted by molar-refractivity contribution is 0.794. The first-order valence-corrected chi connectivity index (χ1v) is 18.0. The number of anilines is 3. The number of aromatic nitrogens is 1. The van der Waals surface area contributed by atoms with Gasteiger partial charge in [-0.2, -0.15) is 0 Å². The van der Waals surface area contributed by atoms with Crippen LogP contribution in [0, 0.1) is 0 Å².